The van der Waals surface area contributed by atoms with Crippen LogP contribution in [0.25, 0.3) is 11.0 Å². The summed E-state index contributed by atoms with van der Waals surface area (Å²) in [5, 5.41) is 1.08. The van der Waals surface area contributed by atoms with Crippen LogP contribution in [0.15, 0.2) is 42.5 Å². The predicted molar refractivity (Wildman–Crippen MR) is 125 cm³/mol. The normalized spacial score (nSPS) is 14.9. The van der Waals surface area contributed by atoms with Crippen molar-refractivity contribution in [1.82, 2.24) is 14.5 Å². The number of carbonyl (C=O) groups is 1. The summed E-state index contributed by atoms with van der Waals surface area (Å²) < 4.78 is 7.71. The van der Waals surface area contributed by atoms with E-state index in [2.05, 4.69) is 15.5 Å². The van der Waals surface area contributed by atoms with Crippen molar-refractivity contribution in [1.29, 1.82) is 0 Å². The van der Waals surface area contributed by atoms with Crippen LogP contribution in [0.3, 0.4) is 0 Å². The van der Waals surface area contributed by atoms with E-state index in [0.717, 1.165) is 22.5 Å². The number of halogens is 2. The largest absolute Gasteiger partial charge is 0.444 e. The van der Waals surface area contributed by atoms with Crippen molar-refractivity contribution in [3.8, 4) is 0 Å². The minimum atomic E-state index is -0.498. The van der Waals surface area contributed by atoms with Crippen LogP contribution in [0.5, 0.6) is 0 Å². The SMILES string of the molecule is CC(C)(C)OC(=O)N1CCN(c2nc3ccccc3n2Cc2ccc(Cl)c(Cl)c2)CC1. The van der Waals surface area contributed by atoms with Crippen LogP contribution in [0.2, 0.25) is 10.0 Å². The van der Waals surface area contributed by atoms with E-state index in [1.54, 1.807) is 4.90 Å². The van der Waals surface area contributed by atoms with Crippen molar-refractivity contribution in [2.24, 2.45) is 0 Å². The first-order valence-electron chi connectivity index (χ1n) is 10.3. The van der Waals surface area contributed by atoms with Gasteiger partial charge in [0.25, 0.3) is 0 Å². The van der Waals surface area contributed by atoms with Gasteiger partial charge >= 0.3 is 6.09 Å². The number of aromatic nitrogens is 2. The van der Waals surface area contributed by atoms with Crippen LogP contribution >= 0.6 is 23.2 Å². The molecule has 1 aliphatic rings. The van der Waals surface area contributed by atoms with Crippen molar-refractivity contribution in [3.05, 3.63) is 58.1 Å². The van der Waals surface area contributed by atoms with E-state index in [-0.39, 0.29) is 6.09 Å². The number of carbonyl (C=O) groups excluding carboxylic acids is 1. The van der Waals surface area contributed by atoms with E-state index in [0.29, 0.717) is 42.8 Å². The molecule has 2 aromatic carbocycles. The lowest BCUT2D eigenvalue weighted by atomic mass is 10.2. The molecule has 0 aliphatic carbocycles. The number of nitrogens with zero attached hydrogens (tertiary/aromatic N) is 4. The summed E-state index contributed by atoms with van der Waals surface area (Å²) in [6.07, 6.45) is -0.267. The molecule has 0 atom stereocenters. The van der Waals surface area contributed by atoms with Gasteiger partial charge in [-0.3, -0.25) is 0 Å². The van der Waals surface area contributed by atoms with Crippen molar-refractivity contribution in [3.63, 3.8) is 0 Å². The molecule has 164 valence electrons. The molecule has 6 nitrogen and oxygen atoms in total. The van der Waals surface area contributed by atoms with Gasteiger partial charge in [-0.15, -0.1) is 0 Å². The molecule has 4 rings (SSSR count). The fourth-order valence-corrected chi connectivity index (χ4v) is 4.02. The molecule has 0 spiro atoms. The Balaban J connectivity index is 1.57. The Hall–Kier alpha value is -2.44. The average Bonchev–Trinajstić information content (AvgIpc) is 3.08. The Morgan fingerprint density at radius 1 is 1.03 bits per heavy atom. The highest BCUT2D eigenvalue weighted by molar-refractivity contribution is 6.42. The molecule has 1 aromatic heterocycles. The lowest BCUT2D eigenvalue weighted by molar-refractivity contribution is 0.0240. The Morgan fingerprint density at radius 3 is 2.42 bits per heavy atom. The molecule has 1 fully saturated rings. The number of imidazole rings is 1. The molecule has 0 unspecified atom stereocenters. The van der Waals surface area contributed by atoms with Crippen molar-refractivity contribution in [2.75, 3.05) is 31.1 Å². The van der Waals surface area contributed by atoms with Gasteiger partial charge in [-0.05, 0) is 50.6 Å². The summed E-state index contributed by atoms with van der Waals surface area (Å²) in [4.78, 5) is 21.3. The Labute approximate surface area is 192 Å². The van der Waals surface area contributed by atoms with Crippen molar-refractivity contribution >= 4 is 46.3 Å². The summed E-state index contributed by atoms with van der Waals surface area (Å²) >= 11 is 12.3. The highest BCUT2D eigenvalue weighted by Crippen LogP contribution is 2.28. The zero-order valence-corrected chi connectivity index (χ0v) is 19.5. The third kappa shape index (κ3) is 4.91. The van der Waals surface area contributed by atoms with Gasteiger partial charge < -0.3 is 19.1 Å². The first kappa shape index (κ1) is 21.8. The number of anilines is 1. The first-order valence-corrected chi connectivity index (χ1v) is 11.1. The molecule has 1 amide bonds. The monoisotopic (exact) mass is 460 g/mol. The number of para-hydroxylation sites is 2. The average molecular weight is 461 g/mol. The number of hydrogen-bond donors (Lipinski definition) is 0. The van der Waals surface area contributed by atoms with Crippen LogP contribution in [-0.4, -0.2) is 52.3 Å². The first-order chi connectivity index (χ1) is 14.7. The molecule has 0 radical (unpaired) electrons. The van der Waals surface area contributed by atoms with Crippen LogP contribution in [-0.2, 0) is 11.3 Å². The topological polar surface area (TPSA) is 50.6 Å². The van der Waals surface area contributed by atoms with E-state index < -0.39 is 5.60 Å². The van der Waals surface area contributed by atoms with Crippen LogP contribution in [0, 0.1) is 0 Å². The molecular weight excluding hydrogens is 435 g/mol. The van der Waals surface area contributed by atoms with Crippen molar-refractivity contribution in [2.45, 2.75) is 32.9 Å². The Kier molecular flexibility index (Phi) is 6.04. The maximum Gasteiger partial charge on any atom is 0.410 e. The summed E-state index contributed by atoms with van der Waals surface area (Å²) in [6.45, 7) is 8.81. The van der Waals surface area contributed by atoms with Crippen LogP contribution in [0.1, 0.15) is 26.3 Å². The zero-order valence-electron chi connectivity index (χ0n) is 17.9. The number of ether oxygens (including phenoxy) is 1. The van der Waals surface area contributed by atoms with Crippen LogP contribution in [0.4, 0.5) is 10.7 Å². The predicted octanol–water partition coefficient (Wildman–Crippen LogP) is 5.45. The summed E-state index contributed by atoms with van der Waals surface area (Å²) in [7, 11) is 0. The number of fused-ring (bicyclic) bond motifs is 1. The zero-order chi connectivity index (χ0) is 22.2. The Morgan fingerprint density at radius 2 is 1.74 bits per heavy atom. The lowest BCUT2D eigenvalue weighted by Gasteiger charge is -2.36. The number of hydrogen-bond acceptors (Lipinski definition) is 4. The van der Waals surface area contributed by atoms with E-state index in [9.17, 15) is 4.79 Å². The fourth-order valence-electron chi connectivity index (χ4n) is 3.70. The van der Waals surface area contributed by atoms with Gasteiger partial charge in [-0.25, -0.2) is 9.78 Å². The second-order valence-electron chi connectivity index (χ2n) is 8.69. The van der Waals surface area contributed by atoms with Gasteiger partial charge in [0.05, 0.1) is 27.6 Å². The number of amides is 1. The lowest BCUT2D eigenvalue weighted by Crippen LogP contribution is -2.50. The third-order valence-electron chi connectivity index (χ3n) is 5.17. The molecule has 2 heterocycles. The van der Waals surface area contributed by atoms with E-state index in [1.165, 1.54) is 0 Å². The minimum Gasteiger partial charge on any atom is -0.444 e. The molecule has 0 bridgehead atoms. The van der Waals surface area contributed by atoms with Gasteiger partial charge in [0.1, 0.15) is 5.60 Å². The molecule has 0 N–H and O–H groups in total. The van der Waals surface area contributed by atoms with Gasteiger partial charge in [0.2, 0.25) is 5.95 Å². The highest BCUT2D eigenvalue weighted by atomic mass is 35.5. The molecule has 1 saturated heterocycles. The van der Waals surface area contributed by atoms with Crippen molar-refractivity contribution < 1.29 is 9.53 Å². The maximum atomic E-state index is 12.4. The van der Waals surface area contributed by atoms with Gasteiger partial charge in [0.15, 0.2) is 0 Å². The fraction of sp³-hybridized carbons (Fsp3) is 0.391. The standard InChI is InChI=1S/C23H26Cl2N4O2/c1-23(2,3)31-22(30)28-12-10-27(11-13-28)21-26-19-6-4-5-7-20(19)29(21)15-16-8-9-17(24)18(25)14-16/h4-9,14H,10-13,15H2,1-3H3. The molecule has 3 aromatic rings. The van der Waals surface area contributed by atoms with Gasteiger partial charge in [0, 0.05) is 26.2 Å². The maximum absolute atomic E-state index is 12.4. The number of rotatable bonds is 3. The second kappa shape index (κ2) is 8.60. The summed E-state index contributed by atoms with van der Waals surface area (Å²) in [6, 6.07) is 13.8. The smallest absolute Gasteiger partial charge is 0.410 e. The van der Waals surface area contributed by atoms with Gasteiger partial charge in [-0.1, -0.05) is 41.4 Å². The molecular formula is C23H26Cl2N4O2. The van der Waals surface area contributed by atoms with Crippen LogP contribution < -0.4 is 4.90 Å². The summed E-state index contributed by atoms with van der Waals surface area (Å²) in [5.74, 6) is 0.885. The molecule has 1 aliphatic heterocycles. The quantitative estimate of drug-likeness (QED) is 0.521. The second-order valence-corrected chi connectivity index (χ2v) is 9.50. The minimum absolute atomic E-state index is 0.267. The molecule has 8 heteroatoms. The number of benzene rings is 2. The summed E-state index contributed by atoms with van der Waals surface area (Å²) in [5.41, 5.74) is 2.54. The van der Waals surface area contributed by atoms with E-state index in [4.69, 9.17) is 32.9 Å². The Bertz CT molecular complexity index is 1100. The number of piperazine rings is 1. The highest BCUT2D eigenvalue weighted by Gasteiger charge is 2.28. The molecule has 31 heavy (non-hydrogen) atoms. The van der Waals surface area contributed by atoms with Gasteiger partial charge in [-0.2, -0.15) is 0 Å². The molecule has 0 saturated carbocycles. The van der Waals surface area contributed by atoms with E-state index >= 15 is 0 Å². The van der Waals surface area contributed by atoms with E-state index in [1.807, 2.05) is 57.2 Å². The third-order valence-corrected chi connectivity index (χ3v) is 5.91.